The normalized spacial score (nSPS) is 16.4. The van der Waals surface area contributed by atoms with Crippen molar-refractivity contribution in [1.29, 1.82) is 0 Å². The molecule has 1 aromatic carbocycles. The molecule has 0 bridgehead atoms. The maximum absolute atomic E-state index is 12.0. The van der Waals surface area contributed by atoms with Crippen LogP contribution in [-0.2, 0) is 16.0 Å². The maximum Gasteiger partial charge on any atom is 0.312 e. The molecule has 0 amide bonds. The highest BCUT2D eigenvalue weighted by molar-refractivity contribution is 5.73. The predicted molar refractivity (Wildman–Crippen MR) is 75.6 cm³/mol. The lowest BCUT2D eigenvalue weighted by molar-refractivity contribution is -0.154. The summed E-state index contributed by atoms with van der Waals surface area (Å²) in [5, 5.41) is 10.5. The maximum atomic E-state index is 12.0. The van der Waals surface area contributed by atoms with Gasteiger partial charge >= 0.3 is 5.97 Å². The molecule has 1 heterocycles. The molecule has 0 aromatic heterocycles. The summed E-state index contributed by atoms with van der Waals surface area (Å²) in [5.74, 6) is -0.00574. The van der Waals surface area contributed by atoms with E-state index in [9.17, 15) is 9.90 Å². The van der Waals surface area contributed by atoms with Crippen LogP contribution in [0.3, 0.4) is 0 Å². The minimum absolute atomic E-state index is 0.00792. The van der Waals surface area contributed by atoms with Crippen molar-refractivity contribution in [2.45, 2.75) is 33.3 Å². The molecule has 1 aliphatic heterocycles. The number of aliphatic hydroxyl groups excluding tert-OH is 1. The Morgan fingerprint density at radius 1 is 1.45 bits per heavy atom. The summed E-state index contributed by atoms with van der Waals surface area (Å²) in [5.41, 5.74) is 1.84. The topological polar surface area (TPSA) is 55.8 Å². The third-order valence-electron chi connectivity index (χ3n) is 3.67. The fourth-order valence-electron chi connectivity index (χ4n) is 2.60. The quantitative estimate of drug-likeness (QED) is 0.841. The molecule has 2 unspecified atom stereocenters. The van der Waals surface area contributed by atoms with Crippen molar-refractivity contribution in [2.75, 3.05) is 13.2 Å². The molecule has 4 heteroatoms. The van der Waals surface area contributed by atoms with Crippen LogP contribution in [0.1, 0.15) is 38.0 Å². The van der Waals surface area contributed by atoms with Crippen molar-refractivity contribution >= 4 is 5.97 Å². The molecule has 0 fully saturated rings. The first kappa shape index (κ1) is 14.9. The highest BCUT2D eigenvalue weighted by Gasteiger charge is 2.32. The summed E-state index contributed by atoms with van der Waals surface area (Å²) < 4.78 is 10.5. The molecule has 1 aliphatic rings. The molecule has 4 nitrogen and oxygen atoms in total. The first-order chi connectivity index (χ1) is 9.54. The van der Waals surface area contributed by atoms with E-state index in [1.165, 1.54) is 0 Å². The fraction of sp³-hybridized carbons (Fsp3) is 0.562. The number of benzene rings is 1. The van der Waals surface area contributed by atoms with Crippen molar-refractivity contribution in [2.24, 2.45) is 11.8 Å². The monoisotopic (exact) mass is 278 g/mol. The molecule has 20 heavy (non-hydrogen) atoms. The van der Waals surface area contributed by atoms with E-state index >= 15 is 0 Å². The molecule has 0 saturated heterocycles. The fourth-order valence-corrected chi connectivity index (χ4v) is 2.60. The number of esters is 1. The second kappa shape index (κ2) is 6.27. The average molecular weight is 278 g/mol. The summed E-state index contributed by atoms with van der Waals surface area (Å²) in [7, 11) is 0. The van der Waals surface area contributed by atoms with Gasteiger partial charge in [0.05, 0.1) is 25.2 Å². The molecule has 1 aromatic rings. The molecule has 0 radical (unpaired) electrons. The van der Waals surface area contributed by atoms with Crippen molar-refractivity contribution in [3.63, 3.8) is 0 Å². The van der Waals surface area contributed by atoms with Gasteiger partial charge in [-0.2, -0.15) is 0 Å². The summed E-state index contributed by atoms with van der Waals surface area (Å²) in [6, 6.07) is 5.62. The summed E-state index contributed by atoms with van der Waals surface area (Å²) >= 11 is 0. The molecular weight excluding hydrogens is 256 g/mol. The number of fused-ring (bicyclic) bond motifs is 1. The van der Waals surface area contributed by atoms with Crippen LogP contribution in [0, 0.1) is 11.8 Å². The second-order valence-corrected chi connectivity index (χ2v) is 5.43. The minimum atomic E-state index is -0.847. The van der Waals surface area contributed by atoms with E-state index in [2.05, 4.69) is 0 Å². The number of carbonyl (C=O) groups excluding carboxylic acids is 1. The van der Waals surface area contributed by atoms with Crippen molar-refractivity contribution < 1.29 is 19.4 Å². The lowest BCUT2D eigenvalue weighted by Gasteiger charge is -2.25. The first-order valence-electron chi connectivity index (χ1n) is 7.15. The van der Waals surface area contributed by atoms with Gasteiger partial charge in [0.2, 0.25) is 0 Å². The molecule has 0 aliphatic carbocycles. The summed E-state index contributed by atoms with van der Waals surface area (Å²) in [4.78, 5) is 12.0. The Bertz CT molecular complexity index is 481. The van der Waals surface area contributed by atoms with Gasteiger partial charge in [-0.05, 0) is 36.1 Å². The van der Waals surface area contributed by atoms with Crippen LogP contribution in [0.2, 0.25) is 0 Å². The van der Waals surface area contributed by atoms with Crippen LogP contribution in [0.15, 0.2) is 18.2 Å². The number of carbonyl (C=O) groups is 1. The van der Waals surface area contributed by atoms with E-state index < -0.39 is 12.0 Å². The van der Waals surface area contributed by atoms with Crippen molar-refractivity contribution in [3.05, 3.63) is 29.3 Å². The second-order valence-electron chi connectivity index (χ2n) is 5.43. The van der Waals surface area contributed by atoms with Gasteiger partial charge < -0.3 is 14.6 Å². The number of ether oxygens (including phenoxy) is 2. The smallest absolute Gasteiger partial charge is 0.312 e. The van der Waals surface area contributed by atoms with Crippen molar-refractivity contribution in [3.8, 4) is 5.75 Å². The predicted octanol–water partition coefficient (Wildman–Crippen LogP) is 2.49. The average Bonchev–Trinajstić information content (AvgIpc) is 2.85. The van der Waals surface area contributed by atoms with Crippen LogP contribution in [-0.4, -0.2) is 24.3 Å². The lowest BCUT2D eigenvalue weighted by Crippen LogP contribution is -2.29. The minimum Gasteiger partial charge on any atom is -0.493 e. The molecule has 0 saturated carbocycles. The summed E-state index contributed by atoms with van der Waals surface area (Å²) in [6.07, 6.45) is 0.00159. The Hall–Kier alpha value is -1.55. The largest absolute Gasteiger partial charge is 0.493 e. The van der Waals surface area contributed by atoms with Gasteiger partial charge in [0, 0.05) is 6.42 Å². The first-order valence-corrected chi connectivity index (χ1v) is 7.15. The van der Waals surface area contributed by atoms with E-state index in [1.54, 1.807) is 6.92 Å². The van der Waals surface area contributed by atoms with E-state index in [0.717, 1.165) is 23.3 Å². The number of hydrogen-bond acceptors (Lipinski definition) is 4. The molecule has 110 valence electrons. The van der Waals surface area contributed by atoms with Gasteiger partial charge in [0.1, 0.15) is 5.75 Å². The number of aliphatic hydroxyl groups is 1. The zero-order valence-corrected chi connectivity index (χ0v) is 12.3. The molecule has 1 N–H and O–H groups in total. The lowest BCUT2D eigenvalue weighted by atomic mass is 9.86. The Balaban J connectivity index is 2.23. The van der Waals surface area contributed by atoms with Gasteiger partial charge in [0.25, 0.3) is 0 Å². The van der Waals surface area contributed by atoms with Gasteiger partial charge in [0.15, 0.2) is 0 Å². The van der Waals surface area contributed by atoms with Gasteiger partial charge in [-0.3, -0.25) is 4.79 Å². The summed E-state index contributed by atoms with van der Waals surface area (Å²) in [6.45, 7) is 6.62. The Morgan fingerprint density at radius 2 is 2.20 bits per heavy atom. The van der Waals surface area contributed by atoms with Crippen molar-refractivity contribution in [1.82, 2.24) is 0 Å². The van der Waals surface area contributed by atoms with Gasteiger partial charge in [-0.25, -0.2) is 0 Å². The third kappa shape index (κ3) is 2.96. The van der Waals surface area contributed by atoms with Crippen LogP contribution >= 0.6 is 0 Å². The van der Waals surface area contributed by atoms with Gasteiger partial charge in [-0.1, -0.05) is 19.9 Å². The molecular formula is C16H22O4. The zero-order chi connectivity index (χ0) is 14.7. The van der Waals surface area contributed by atoms with E-state index in [1.807, 2.05) is 32.0 Å². The van der Waals surface area contributed by atoms with Crippen LogP contribution in [0.5, 0.6) is 5.75 Å². The standard InChI is InChI=1S/C16H22O4/c1-4-19-16(18)14(10(2)3)15(17)12-5-6-13-11(9-12)7-8-20-13/h5-6,9-10,14-15,17H,4,7-8H2,1-3H3. The highest BCUT2D eigenvalue weighted by atomic mass is 16.5. The Kier molecular flexibility index (Phi) is 4.65. The SMILES string of the molecule is CCOC(=O)C(C(C)C)C(O)c1ccc2c(c1)CCO2. The number of hydrogen-bond donors (Lipinski definition) is 1. The highest BCUT2D eigenvalue weighted by Crippen LogP contribution is 2.33. The zero-order valence-electron chi connectivity index (χ0n) is 12.3. The van der Waals surface area contributed by atoms with E-state index in [4.69, 9.17) is 9.47 Å². The molecule has 2 rings (SSSR count). The molecule has 0 spiro atoms. The number of rotatable bonds is 5. The van der Waals surface area contributed by atoms with Crippen LogP contribution in [0.4, 0.5) is 0 Å². The van der Waals surface area contributed by atoms with E-state index in [-0.39, 0.29) is 11.9 Å². The van der Waals surface area contributed by atoms with Crippen LogP contribution in [0.25, 0.3) is 0 Å². The third-order valence-corrected chi connectivity index (χ3v) is 3.67. The van der Waals surface area contributed by atoms with Crippen LogP contribution < -0.4 is 4.74 Å². The van der Waals surface area contributed by atoms with Gasteiger partial charge in [-0.15, -0.1) is 0 Å². The Morgan fingerprint density at radius 3 is 2.85 bits per heavy atom. The molecule has 2 atom stereocenters. The van der Waals surface area contributed by atoms with E-state index in [0.29, 0.717) is 13.2 Å². The Labute approximate surface area is 119 Å².